The fraction of sp³-hybridized carbons (Fsp3) is 0.231. The number of aliphatic carboxylic acids is 1. The highest BCUT2D eigenvalue weighted by molar-refractivity contribution is 5.81. The van der Waals surface area contributed by atoms with Crippen molar-refractivity contribution in [1.29, 1.82) is 0 Å². The van der Waals surface area contributed by atoms with E-state index in [-0.39, 0.29) is 30.4 Å². The molecule has 4 rings (SSSR count). The number of para-hydroxylation sites is 1. The number of hydrogen-bond donors (Lipinski definition) is 3. The van der Waals surface area contributed by atoms with Gasteiger partial charge in [-0.05, 0) is 35.2 Å². The molecule has 1 aliphatic carbocycles. The first-order valence-electron chi connectivity index (χ1n) is 10.8. The molecule has 0 bridgehead atoms. The summed E-state index contributed by atoms with van der Waals surface area (Å²) in [7, 11) is 0. The number of carboxylic acid groups (broad SMARTS) is 1. The minimum absolute atomic E-state index is 0.0806. The predicted molar refractivity (Wildman–Crippen MR) is 123 cm³/mol. The predicted octanol–water partition coefficient (Wildman–Crippen LogP) is 4.33. The zero-order valence-corrected chi connectivity index (χ0v) is 18.2. The number of carbonyl (C=O) groups is 2. The second kappa shape index (κ2) is 9.65. The third-order valence-corrected chi connectivity index (χ3v) is 5.74. The number of aromatic hydroxyl groups is 1. The van der Waals surface area contributed by atoms with E-state index >= 15 is 0 Å². The van der Waals surface area contributed by atoms with Crippen molar-refractivity contribution >= 4 is 12.1 Å². The molecule has 1 unspecified atom stereocenters. The van der Waals surface area contributed by atoms with E-state index in [4.69, 9.17) is 9.47 Å². The lowest BCUT2D eigenvalue weighted by atomic mass is 9.98. The highest BCUT2D eigenvalue weighted by atomic mass is 16.5. The second-order valence-corrected chi connectivity index (χ2v) is 7.76. The first-order chi connectivity index (χ1) is 16.0. The molecule has 0 saturated carbocycles. The molecule has 0 aliphatic heterocycles. The van der Waals surface area contributed by atoms with E-state index in [1.807, 2.05) is 48.5 Å². The number of benzene rings is 3. The number of ether oxygens (including phenoxy) is 2. The van der Waals surface area contributed by atoms with Crippen molar-refractivity contribution in [1.82, 2.24) is 5.32 Å². The van der Waals surface area contributed by atoms with E-state index in [2.05, 4.69) is 5.32 Å². The van der Waals surface area contributed by atoms with Gasteiger partial charge in [-0.1, -0.05) is 60.7 Å². The van der Waals surface area contributed by atoms with Gasteiger partial charge in [0.05, 0.1) is 6.61 Å². The number of fused-ring (bicyclic) bond motifs is 3. The lowest BCUT2D eigenvalue weighted by Gasteiger charge is -2.18. The van der Waals surface area contributed by atoms with Crippen molar-refractivity contribution in [2.45, 2.75) is 25.3 Å². The van der Waals surface area contributed by atoms with Gasteiger partial charge in [0.15, 0.2) is 11.5 Å². The summed E-state index contributed by atoms with van der Waals surface area (Å²) >= 11 is 0. The molecular formula is C26H25NO6. The maximum atomic E-state index is 12.5. The number of nitrogens with one attached hydrogen (secondary N) is 1. The Kier molecular flexibility index (Phi) is 6.49. The zero-order chi connectivity index (χ0) is 23.4. The van der Waals surface area contributed by atoms with E-state index in [1.165, 1.54) is 0 Å². The number of rotatable bonds is 8. The van der Waals surface area contributed by atoms with Gasteiger partial charge in [-0.2, -0.15) is 0 Å². The third kappa shape index (κ3) is 4.62. The molecule has 7 heteroatoms. The molecule has 3 aromatic rings. The van der Waals surface area contributed by atoms with Crippen LogP contribution in [0.3, 0.4) is 0 Å². The smallest absolute Gasteiger partial charge is 0.407 e. The maximum Gasteiger partial charge on any atom is 0.407 e. The fourth-order valence-electron chi connectivity index (χ4n) is 4.21. The SMILES string of the molecule is CCOc1cccc(CC(NC(=O)OCC2c3ccccc3-c3ccccc32)C(=O)O)c1O. The fourth-order valence-corrected chi connectivity index (χ4v) is 4.21. The molecule has 1 atom stereocenters. The Balaban J connectivity index is 1.44. The lowest BCUT2D eigenvalue weighted by molar-refractivity contribution is -0.139. The number of alkyl carbamates (subject to hydrolysis) is 1. The topological polar surface area (TPSA) is 105 Å². The van der Waals surface area contributed by atoms with Crippen LogP contribution in [0.2, 0.25) is 0 Å². The number of hydrogen-bond acceptors (Lipinski definition) is 5. The molecule has 3 aromatic carbocycles. The Morgan fingerprint density at radius 2 is 1.61 bits per heavy atom. The van der Waals surface area contributed by atoms with Crippen molar-refractivity contribution in [2.24, 2.45) is 0 Å². The Hall–Kier alpha value is -4.00. The van der Waals surface area contributed by atoms with E-state index in [9.17, 15) is 19.8 Å². The second-order valence-electron chi connectivity index (χ2n) is 7.76. The van der Waals surface area contributed by atoms with E-state index < -0.39 is 18.1 Å². The molecule has 1 aliphatic rings. The number of phenols is 1. The van der Waals surface area contributed by atoms with E-state index in [1.54, 1.807) is 25.1 Å². The Bertz CT molecular complexity index is 1130. The molecule has 0 heterocycles. The molecule has 3 N–H and O–H groups in total. The molecule has 0 aromatic heterocycles. The summed E-state index contributed by atoms with van der Waals surface area (Å²) in [5, 5.41) is 22.4. The summed E-state index contributed by atoms with van der Waals surface area (Å²) in [6.07, 6.45) is -0.948. The number of carboxylic acids is 1. The van der Waals surface area contributed by atoms with Crippen molar-refractivity contribution in [3.8, 4) is 22.6 Å². The maximum absolute atomic E-state index is 12.5. The van der Waals surface area contributed by atoms with Gasteiger partial charge >= 0.3 is 12.1 Å². The van der Waals surface area contributed by atoms with Crippen LogP contribution in [0.4, 0.5) is 4.79 Å². The van der Waals surface area contributed by atoms with E-state index in [0.29, 0.717) is 12.2 Å². The molecule has 170 valence electrons. The normalized spacial score (nSPS) is 13.0. The lowest BCUT2D eigenvalue weighted by Crippen LogP contribution is -2.42. The van der Waals surface area contributed by atoms with Crippen molar-refractivity contribution < 1.29 is 29.3 Å². The van der Waals surface area contributed by atoms with Gasteiger partial charge in [-0.3, -0.25) is 0 Å². The molecule has 0 saturated heterocycles. The standard InChI is InChI=1S/C26H25NO6/c1-2-32-23-13-7-8-16(24(23)28)14-22(25(29)30)27-26(31)33-15-21-19-11-5-3-9-17(19)18-10-4-6-12-20(18)21/h3-13,21-22,28H,2,14-15H2,1H3,(H,27,31)(H,29,30). The van der Waals surface area contributed by atoms with E-state index in [0.717, 1.165) is 22.3 Å². The summed E-state index contributed by atoms with van der Waals surface area (Å²) in [4.78, 5) is 24.3. The summed E-state index contributed by atoms with van der Waals surface area (Å²) in [5.74, 6) is -1.23. The minimum atomic E-state index is -1.27. The molecule has 0 spiro atoms. The molecule has 0 radical (unpaired) electrons. The Morgan fingerprint density at radius 3 is 2.21 bits per heavy atom. The molecule has 7 nitrogen and oxygen atoms in total. The highest BCUT2D eigenvalue weighted by Gasteiger charge is 2.30. The van der Waals surface area contributed by atoms with Gasteiger partial charge in [0.2, 0.25) is 0 Å². The molecular weight excluding hydrogens is 422 g/mol. The van der Waals surface area contributed by atoms with Crippen LogP contribution >= 0.6 is 0 Å². The van der Waals surface area contributed by atoms with Gasteiger partial charge in [-0.25, -0.2) is 9.59 Å². The van der Waals surface area contributed by atoms with Crippen molar-refractivity contribution in [3.05, 3.63) is 83.4 Å². The van der Waals surface area contributed by atoms with Crippen LogP contribution in [-0.2, 0) is 16.0 Å². The average molecular weight is 447 g/mol. The van der Waals surface area contributed by atoms with Crippen LogP contribution in [0.1, 0.15) is 29.5 Å². The zero-order valence-electron chi connectivity index (χ0n) is 18.2. The molecule has 0 fully saturated rings. The van der Waals surface area contributed by atoms with Gasteiger partial charge < -0.3 is 25.0 Å². The number of phenolic OH excluding ortho intramolecular Hbond substituents is 1. The summed E-state index contributed by atoms with van der Waals surface area (Å²) in [6, 6.07) is 19.5. The van der Waals surface area contributed by atoms with Gasteiger partial charge in [-0.15, -0.1) is 0 Å². The number of amides is 1. The Labute approximate surface area is 191 Å². The first kappa shape index (κ1) is 22.2. The van der Waals surface area contributed by atoms with Crippen LogP contribution in [-0.4, -0.2) is 41.5 Å². The first-order valence-corrected chi connectivity index (χ1v) is 10.8. The third-order valence-electron chi connectivity index (χ3n) is 5.74. The summed E-state index contributed by atoms with van der Waals surface area (Å²) < 4.78 is 10.8. The van der Waals surface area contributed by atoms with Crippen LogP contribution in [0, 0.1) is 0 Å². The van der Waals surface area contributed by atoms with Gasteiger partial charge in [0.25, 0.3) is 0 Å². The van der Waals surface area contributed by atoms with Crippen molar-refractivity contribution in [3.63, 3.8) is 0 Å². The van der Waals surface area contributed by atoms with Crippen molar-refractivity contribution in [2.75, 3.05) is 13.2 Å². The van der Waals surface area contributed by atoms with Crippen LogP contribution in [0.15, 0.2) is 66.7 Å². The average Bonchev–Trinajstić information content (AvgIpc) is 3.13. The van der Waals surface area contributed by atoms with Gasteiger partial charge in [0.1, 0.15) is 12.6 Å². The number of carbonyl (C=O) groups excluding carboxylic acids is 1. The van der Waals surface area contributed by atoms with Crippen LogP contribution in [0.25, 0.3) is 11.1 Å². The largest absolute Gasteiger partial charge is 0.504 e. The summed E-state index contributed by atoms with van der Waals surface area (Å²) in [6.45, 7) is 2.22. The molecule has 33 heavy (non-hydrogen) atoms. The minimum Gasteiger partial charge on any atom is -0.504 e. The van der Waals surface area contributed by atoms with Crippen LogP contribution < -0.4 is 10.1 Å². The highest BCUT2D eigenvalue weighted by Crippen LogP contribution is 2.44. The quantitative estimate of drug-likeness (QED) is 0.475. The monoisotopic (exact) mass is 447 g/mol. The van der Waals surface area contributed by atoms with Crippen LogP contribution in [0.5, 0.6) is 11.5 Å². The molecule has 1 amide bonds. The van der Waals surface area contributed by atoms with Gasteiger partial charge in [0, 0.05) is 17.9 Å². The Morgan fingerprint density at radius 1 is 0.970 bits per heavy atom. The summed E-state index contributed by atoms with van der Waals surface area (Å²) in [5.41, 5.74) is 4.70.